The van der Waals surface area contributed by atoms with Crippen molar-refractivity contribution in [3.63, 3.8) is 0 Å². The quantitative estimate of drug-likeness (QED) is 0.872. The molecule has 0 atom stereocenters. The van der Waals surface area contributed by atoms with Gasteiger partial charge in [-0.3, -0.25) is 4.79 Å². The molecule has 2 aromatic carbocycles. The molecule has 3 rings (SSSR count). The maximum absolute atomic E-state index is 12.1. The van der Waals surface area contributed by atoms with Gasteiger partial charge in [0.25, 0.3) is 5.91 Å². The number of hydrogen-bond acceptors (Lipinski definition) is 2. The van der Waals surface area contributed by atoms with Gasteiger partial charge in [-0.05, 0) is 42.7 Å². The zero-order chi connectivity index (χ0) is 13.8. The van der Waals surface area contributed by atoms with E-state index in [0.717, 1.165) is 12.2 Å². The van der Waals surface area contributed by atoms with Crippen molar-refractivity contribution in [1.29, 1.82) is 0 Å². The maximum Gasteiger partial charge on any atom is 0.255 e. The molecular formula is C17H18N2O. The molecule has 0 aliphatic heterocycles. The van der Waals surface area contributed by atoms with Crippen molar-refractivity contribution >= 4 is 11.6 Å². The summed E-state index contributed by atoms with van der Waals surface area (Å²) in [6.07, 6.45) is 2.56. The predicted molar refractivity (Wildman–Crippen MR) is 80.7 cm³/mol. The number of anilines is 1. The lowest BCUT2D eigenvalue weighted by molar-refractivity contribution is 0.102. The highest BCUT2D eigenvalue weighted by Crippen LogP contribution is 2.20. The summed E-state index contributed by atoms with van der Waals surface area (Å²) in [6.45, 7) is 0.861. The first kappa shape index (κ1) is 12.9. The second-order valence-corrected chi connectivity index (χ2v) is 5.18. The van der Waals surface area contributed by atoms with E-state index in [9.17, 15) is 4.79 Å². The third kappa shape index (κ3) is 3.45. The largest absolute Gasteiger partial charge is 0.322 e. The second kappa shape index (κ2) is 5.88. The SMILES string of the molecule is O=C(Nc1cccc(CNC2CC2)c1)c1ccccc1. The fourth-order valence-corrected chi connectivity index (χ4v) is 2.10. The van der Waals surface area contributed by atoms with Crippen LogP contribution in [0.25, 0.3) is 0 Å². The highest BCUT2D eigenvalue weighted by atomic mass is 16.1. The molecule has 3 nitrogen and oxygen atoms in total. The summed E-state index contributed by atoms with van der Waals surface area (Å²) >= 11 is 0. The van der Waals surface area contributed by atoms with E-state index in [1.165, 1.54) is 18.4 Å². The van der Waals surface area contributed by atoms with E-state index < -0.39 is 0 Å². The Morgan fingerprint density at radius 3 is 2.60 bits per heavy atom. The van der Waals surface area contributed by atoms with Gasteiger partial charge in [-0.2, -0.15) is 0 Å². The van der Waals surface area contributed by atoms with E-state index in [0.29, 0.717) is 11.6 Å². The lowest BCUT2D eigenvalue weighted by Gasteiger charge is -2.08. The first-order chi connectivity index (χ1) is 9.81. The third-order valence-corrected chi connectivity index (χ3v) is 3.39. The Hall–Kier alpha value is -2.13. The number of amides is 1. The van der Waals surface area contributed by atoms with E-state index in [4.69, 9.17) is 0 Å². The molecule has 0 heterocycles. The van der Waals surface area contributed by atoms with Crippen molar-refractivity contribution in [2.45, 2.75) is 25.4 Å². The minimum Gasteiger partial charge on any atom is -0.322 e. The molecule has 0 unspecified atom stereocenters. The normalized spacial score (nSPS) is 14.0. The molecular weight excluding hydrogens is 248 g/mol. The maximum atomic E-state index is 12.1. The fraction of sp³-hybridized carbons (Fsp3) is 0.235. The molecule has 2 N–H and O–H groups in total. The van der Waals surface area contributed by atoms with Crippen LogP contribution < -0.4 is 10.6 Å². The summed E-state index contributed by atoms with van der Waals surface area (Å²) in [5, 5.41) is 6.41. The van der Waals surface area contributed by atoms with Crippen LogP contribution in [-0.2, 0) is 6.54 Å². The van der Waals surface area contributed by atoms with Crippen LogP contribution in [0.1, 0.15) is 28.8 Å². The summed E-state index contributed by atoms with van der Waals surface area (Å²) in [7, 11) is 0. The monoisotopic (exact) mass is 266 g/mol. The van der Waals surface area contributed by atoms with Gasteiger partial charge >= 0.3 is 0 Å². The molecule has 0 aromatic heterocycles. The topological polar surface area (TPSA) is 41.1 Å². The Morgan fingerprint density at radius 1 is 1.05 bits per heavy atom. The van der Waals surface area contributed by atoms with Crippen LogP contribution in [0.15, 0.2) is 54.6 Å². The van der Waals surface area contributed by atoms with E-state index in [1.54, 1.807) is 0 Å². The van der Waals surface area contributed by atoms with Gasteiger partial charge in [0.1, 0.15) is 0 Å². The summed E-state index contributed by atoms with van der Waals surface area (Å²) in [5.41, 5.74) is 2.71. The van der Waals surface area contributed by atoms with Crippen molar-refractivity contribution in [2.75, 3.05) is 5.32 Å². The first-order valence-electron chi connectivity index (χ1n) is 7.00. The Kier molecular flexibility index (Phi) is 3.79. The molecule has 0 radical (unpaired) electrons. The summed E-state index contributed by atoms with van der Waals surface area (Å²) in [4.78, 5) is 12.1. The third-order valence-electron chi connectivity index (χ3n) is 3.39. The Morgan fingerprint density at radius 2 is 1.85 bits per heavy atom. The van der Waals surface area contributed by atoms with Gasteiger partial charge in [0.05, 0.1) is 0 Å². The van der Waals surface area contributed by atoms with Crippen molar-refractivity contribution in [3.8, 4) is 0 Å². The minimum atomic E-state index is -0.0714. The average Bonchev–Trinajstić information content (AvgIpc) is 3.31. The number of rotatable bonds is 5. The number of carbonyl (C=O) groups excluding carboxylic acids is 1. The molecule has 20 heavy (non-hydrogen) atoms. The molecule has 2 aromatic rings. The molecule has 0 spiro atoms. The van der Waals surface area contributed by atoms with Crippen molar-refractivity contribution < 1.29 is 4.79 Å². The molecule has 1 aliphatic carbocycles. The van der Waals surface area contributed by atoms with E-state index >= 15 is 0 Å². The molecule has 1 amide bonds. The smallest absolute Gasteiger partial charge is 0.255 e. The number of nitrogens with one attached hydrogen (secondary N) is 2. The van der Waals surface area contributed by atoms with Crippen LogP contribution in [0.4, 0.5) is 5.69 Å². The second-order valence-electron chi connectivity index (χ2n) is 5.18. The summed E-state index contributed by atoms with van der Waals surface area (Å²) in [6, 6.07) is 18.0. The van der Waals surface area contributed by atoms with Crippen LogP contribution in [0.5, 0.6) is 0 Å². The molecule has 0 saturated heterocycles. The van der Waals surface area contributed by atoms with Crippen LogP contribution in [-0.4, -0.2) is 11.9 Å². The number of hydrogen-bond donors (Lipinski definition) is 2. The highest BCUT2D eigenvalue weighted by molar-refractivity contribution is 6.04. The van der Waals surface area contributed by atoms with E-state index in [1.807, 2.05) is 48.5 Å². The molecule has 1 saturated carbocycles. The standard InChI is InChI=1S/C17H18N2O/c20-17(14-6-2-1-3-7-14)19-16-8-4-5-13(11-16)12-18-15-9-10-15/h1-8,11,15,18H,9-10,12H2,(H,19,20). The first-order valence-corrected chi connectivity index (χ1v) is 7.00. The van der Waals surface area contributed by atoms with Crippen molar-refractivity contribution in [1.82, 2.24) is 5.32 Å². The average molecular weight is 266 g/mol. The van der Waals surface area contributed by atoms with Gasteiger partial charge in [0.15, 0.2) is 0 Å². The summed E-state index contributed by atoms with van der Waals surface area (Å²) in [5.74, 6) is -0.0714. The molecule has 3 heteroatoms. The zero-order valence-electron chi connectivity index (χ0n) is 11.3. The van der Waals surface area contributed by atoms with Gasteiger partial charge in [-0.1, -0.05) is 30.3 Å². The minimum absolute atomic E-state index is 0.0714. The summed E-state index contributed by atoms with van der Waals surface area (Å²) < 4.78 is 0. The number of benzene rings is 2. The fourth-order valence-electron chi connectivity index (χ4n) is 2.10. The van der Waals surface area contributed by atoms with Crippen LogP contribution in [0, 0.1) is 0 Å². The van der Waals surface area contributed by atoms with E-state index in [-0.39, 0.29) is 5.91 Å². The Bertz CT molecular complexity index is 591. The zero-order valence-corrected chi connectivity index (χ0v) is 11.3. The highest BCUT2D eigenvalue weighted by Gasteiger charge is 2.19. The number of carbonyl (C=O) groups is 1. The van der Waals surface area contributed by atoms with Crippen LogP contribution in [0.2, 0.25) is 0 Å². The van der Waals surface area contributed by atoms with Gasteiger partial charge in [0, 0.05) is 23.8 Å². The van der Waals surface area contributed by atoms with Gasteiger partial charge in [-0.25, -0.2) is 0 Å². The van der Waals surface area contributed by atoms with Crippen molar-refractivity contribution in [3.05, 3.63) is 65.7 Å². The molecule has 0 bridgehead atoms. The lowest BCUT2D eigenvalue weighted by atomic mass is 10.1. The van der Waals surface area contributed by atoms with Gasteiger partial charge < -0.3 is 10.6 Å². The molecule has 1 aliphatic rings. The van der Waals surface area contributed by atoms with Gasteiger partial charge in [-0.15, -0.1) is 0 Å². The molecule has 102 valence electrons. The predicted octanol–water partition coefficient (Wildman–Crippen LogP) is 3.19. The molecule has 1 fully saturated rings. The Labute approximate surface area is 119 Å². The Balaban J connectivity index is 1.64. The van der Waals surface area contributed by atoms with Crippen LogP contribution >= 0.6 is 0 Å². The van der Waals surface area contributed by atoms with Crippen LogP contribution in [0.3, 0.4) is 0 Å². The van der Waals surface area contributed by atoms with Gasteiger partial charge in [0.2, 0.25) is 0 Å². The lowest BCUT2D eigenvalue weighted by Crippen LogP contribution is -2.16. The van der Waals surface area contributed by atoms with Crippen molar-refractivity contribution in [2.24, 2.45) is 0 Å². The van der Waals surface area contributed by atoms with E-state index in [2.05, 4.69) is 16.7 Å².